The maximum absolute atomic E-state index is 13.0. The topological polar surface area (TPSA) is 71.7 Å². The Balaban J connectivity index is 1.95. The lowest BCUT2D eigenvalue weighted by molar-refractivity contribution is -0.142. The second kappa shape index (κ2) is 9.78. The Morgan fingerprint density at radius 3 is 2.69 bits per heavy atom. The average Bonchev–Trinajstić information content (AvgIpc) is 3.01. The zero-order valence-corrected chi connectivity index (χ0v) is 17.5. The quantitative estimate of drug-likeness (QED) is 0.748. The van der Waals surface area contributed by atoms with Gasteiger partial charge in [0, 0.05) is 51.8 Å². The Morgan fingerprint density at radius 2 is 2.08 bits per heavy atom. The molecule has 0 bridgehead atoms. The van der Waals surface area contributed by atoms with Gasteiger partial charge in [-0.2, -0.15) is 0 Å². The molecule has 1 aliphatic rings. The molecule has 1 unspecified atom stereocenters. The van der Waals surface area contributed by atoms with Crippen LogP contribution >= 0.6 is 11.3 Å². The Hall–Kier alpha value is -1.02. The number of ether oxygens (including phenoxy) is 1. The van der Waals surface area contributed by atoms with E-state index < -0.39 is 5.41 Å². The number of aromatic nitrogens is 1. The van der Waals surface area contributed by atoms with Gasteiger partial charge in [-0.15, -0.1) is 11.3 Å². The van der Waals surface area contributed by atoms with Gasteiger partial charge >= 0.3 is 0 Å². The molecule has 148 valence electrons. The molecule has 26 heavy (non-hydrogen) atoms. The monoisotopic (exact) mass is 382 g/mol. The predicted octanol–water partition coefficient (Wildman–Crippen LogP) is 2.65. The van der Waals surface area contributed by atoms with E-state index >= 15 is 0 Å². The molecule has 1 aliphatic heterocycles. The van der Waals surface area contributed by atoms with Gasteiger partial charge in [0.05, 0.1) is 11.1 Å². The van der Waals surface area contributed by atoms with E-state index in [0.29, 0.717) is 6.54 Å². The molecule has 1 atom stereocenters. The molecule has 0 radical (unpaired) electrons. The highest BCUT2D eigenvalue weighted by Crippen LogP contribution is 2.28. The first-order valence-electron chi connectivity index (χ1n) is 9.68. The zero-order valence-electron chi connectivity index (χ0n) is 16.7. The molecule has 2 rings (SSSR count). The Bertz CT molecular complexity index is 565. The smallest absolute Gasteiger partial charge is 0.230 e. The third kappa shape index (κ3) is 4.82. The van der Waals surface area contributed by atoms with Crippen molar-refractivity contribution in [2.45, 2.75) is 52.7 Å². The van der Waals surface area contributed by atoms with Crippen molar-refractivity contribution in [3.8, 4) is 0 Å². The van der Waals surface area contributed by atoms with Crippen molar-refractivity contribution in [1.82, 2.24) is 14.8 Å². The van der Waals surface area contributed by atoms with Crippen molar-refractivity contribution in [1.29, 1.82) is 0 Å². The van der Waals surface area contributed by atoms with Gasteiger partial charge < -0.3 is 15.4 Å². The summed E-state index contributed by atoms with van der Waals surface area (Å²) in [7, 11) is 1.71. The number of nitrogens with two attached hydrogens (primary N) is 1. The first-order chi connectivity index (χ1) is 12.5. The van der Waals surface area contributed by atoms with Crippen LogP contribution in [-0.4, -0.2) is 60.5 Å². The number of rotatable bonds is 8. The van der Waals surface area contributed by atoms with Crippen LogP contribution in [0.15, 0.2) is 5.38 Å². The van der Waals surface area contributed by atoms with Crippen LogP contribution in [0, 0.1) is 5.41 Å². The fourth-order valence-electron chi connectivity index (χ4n) is 3.51. The zero-order chi connectivity index (χ0) is 19.2. The minimum Gasteiger partial charge on any atom is -0.375 e. The van der Waals surface area contributed by atoms with E-state index in [2.05, 4.69) is 24.1 Å². The van der Waals surface area contributed by atoms with Crippen LogP contribution < -0.4 is 5.73 Å². The maximum Gasteiger partial charge on any atom is 0.230 e. The summed E-state index contributed by atoms with van der Waals surface area (Å²) in [5.74, 6) is 0.233. The van der Waals surface area contributed by atoms with Gasteiger partial charge in [-0.3, -0.25) is 9.69 Å². The molecule has 1 amide bonds. The fraction of sp³-hybridized carbons (Fsp3) is 0.789. The van der Waals surface area contributed by atoms with Crippen molar-refractivity contribution >= 4 is 17.2 Å². The normalized spacial score (nSPS) is 18.0. The number of carbonyl (C=O) groups is 1. The molecule has 1 aromatic rings. The third-order valence-corrected chi connectivity index (χ3v) is 6.78. The second-order valence-corrected chi connectivity index (χ2v) is 8.06. The number of carbonyl (C=O) groups excluding carboxylic acids is 1. The molecule has 1 aromatic heterocycles. The summed E-state index contributed by atoms with van der Waals surface area (Å²) < 4.78 is 5.34. The van der Waals surface area contributed by atoms with Crippen molar-refractivity contribution in [3.05, 3.63) is 16.1 Å². The summed E-state index contributed by atoms with van der Waals surface area (Å²) in [5, 5.41) is 3.14. The lowest BCUT2D eigenvalue weighted by Gasteiger charge is -2.34. The number of thiazole rings is 1. The molecule has 2 N–H and O–H groups in total. The largest absolute Gasteiger partial charge is 0.375 e. The number of nitrogens with zero attached hydrogens (tertiary/aromatic N) is 3. The van der Waals surface area contributed by atoms with Crippen LogP contribution in [0.4, 0.5) is 0 Å². The highest BCUT2D eigenvalue weighted by atomic mass is 32.1. The van der Waals surface area contributed by atoms with Crippen LogP contribution in [0.2, 0.25) is 0 Å². The molecule has 6 nitrogen and oxygen atoms in total. The molecule has 0 aromatic carbocycles. The van der Waals surface area contributed by atoms with Gasteiger partial charge in [-0.1, -0.05) is 13.8 Å². The van der Waals surface area contributed by atoms with Crippen LogP contribution in [-0.2, 0) is 16.1 Å². The fourth-order valence-corrected chi connectivity index (χ4v) is 4.35. The minimum absolute atomic E-state index is 0.0403. The van der Waals surface area contributed by atoms with Gasteiger partial charge in [0.2, 0.25) is 5.91 Å². The van der Waals surface area contributed by atoms with E-state index in [1.165, 1.54) is 0 Å². The molecule has 0 aliphatic carbocycles. The molecule has 1 saturated heterocycles. The van der Waals surface area contributed by atoms with Gasteiger partial charge in [-0.25, -0.2) is 4.98 Å². The molecule has 2 heterocycles. The van der Waals surface area contributed by atoms with E-state index in [-0.39, 0.29) is 12.0 Å². The molecule has 7 heteroatoms. The summed E-state index contributed by atoms with van der Waals surface area (Å²) >= 11 is 1.65. The second-order valence-electron chi connectivity index (χ2n) is 7.17. The molecule has 0 saturated carbocycles. The van der Waals surface area contributed by atoms with E-state index in [4.69, 9.17) is 15.5 Å². The SMILES string of the molecule is CCC(CC)(CN)C(=O)N1CCCN(Cc2csc(C(C)OC)n2)CC1. The van der Waals surface area contributed by atoms with Crippen LogP contribution in [0.3, 0.4) is 0 Å². The van der Waals surface area contributed by atoms with Gasteiger partial charge in [-0.05, 0) is 26.2 Å². The van der Waals surface area contributed by atoms with Crippen LogP contribution in [0.25, 0.3) is 0 Å². The average molecular weight is 383 g/mol. The Morgan fingerprint density at radius 1 is 1.35 bits per heavy atom. The van der Waals surface area contributed by atoms with Crippen LogP contribution in [0.1, 0.15) is 56.8 Å². The highest BCUT2D eigenvalue weighted by Gasteiger charge is 2.37. The van der Waals surface area contributed by atoms with Crippen molar-refractivity contribution < 1.29 is 9.53 Å². The summed E-state index contributed by atoms with van der Waals surface area (Å²) in [6, 6.07) is 0. The standard InChI is InChI=1S/C19H34N4O2S/c1-5-19(6-2,14-20)18(24)23-9-7-8-22(10-11-23)12-16-13-26-17(21-16)15(3)25-4/h13,15H,5-12,14,20H2,1-4H3. The van der Waals surface area contributed by atoms with Gasteiger partial charge in [0.15, 0.2) is 0 Å². The Kier molecular flexibility index (Phi) is 8.01. The van der Waals surface area contributed by atoms with Gasteiger partial charge in [0.1, 0.15) is 11.1 Å². The van der Waals surface area contributed by atoms with E-state index in [1.54, 1.807) is 18.4 Å². The summed E-state index contributed by atoms with van der Waals surface area (Å²) in [6.45, 7) is 10.9. The third-order valence-electron chi connectivity index (χ3n) is 5.73. The lowest BCUT2D eigenvalue weighted by Crippen LogP contribution is -2.48. The van der Waals surface area contributed by atoms with E-state index in [9.17, 15) is 4.79 Å². The number of hydrogen-bond acceptors (Lipinski definition) is 6. The van der Waals surface area contributed by atoms with Crippen molar-refractivity contribution in [2.75, 3.05) is 39.8 Å². The summed E-state index contributed by atoms with van der Waals surface area (Å²) in [4.78, 5) is 22.2. The molecule has 0 spiro atoms. The van der Waals surface area contributed by atoms with Crippen LogP contribution in [0.5, 0.6) is 0 Å². The number of hydrogen-bond donors (Lipinski definition) is 1. The molecular weight excluding hydrogens is 348 g/mol. The van der Waals surface area contributed by atoms with E-state index in [0.717, 1.165) is 62.7 Å². The minimum atomic E-state index is -0.394. The predicted molar refractivity (Wildman–Crippen MR) is 106 cm³/mol. The first kappa shape index (κ1) is 21.3. The Labute approximate surface area is 161 Å². The van der Waals surface area contributed by atoms with Crippen molar-refractivity contribution in [2.24, 2.45) is 11.1 Å². The first-order valence-corrected chi connectivity index (χ1v) is 10.6. The van der Waals surface area contributed by atoms with Gasteiger partial charge in [0.25, 0.3) is 0 Å². The van der Waals surface area contributed by atoms with Crippen molar-refractivity contribution in [3.63, 3.8) is 0 Å². The summed E-state index contributed by atoms with van der Waals surface area (Å²) in [5.41, 5.74) is 6.66. The summed E-state index contributed by atoms with van der Waals surface area (Å²) in [6.07, 6.45) is 2.64. The lowest BCUT2D eigenvalue weighted by atomic mass is 9.81. The number of methoxy groups -OCH3 is 1. The van der Waals surface area contributed by atoms with E-state index in [1.807, 2.05) is 11.8 Å². The highest BCUT2D eigenvalue weighted by molar-refractivity contribution is 7.09. The molecular formula is C19H34N4O2S. The number of amides is 1. The maximum atomic E-state index is 13.0. The molecule has 1 fully saturated rings.